The number of rotatable bonds is 5. The summed E-state index contributed by atoms with van der Waals surface area (Å²) in [6.45, 7) is 2.34. The van der Waals surface area contributed by atoms with Crippen molar-refractivity contribution >= 4 is 17.6 Å². The summed E-state index contributed by atoms with van der Waals surface area (Å²) in [5, 5.41) is 15.4. The lowest BCUT2D eigenvalue weighted by Crippen LogP contribution is -2.54. The summed E-state index contributed by atoms with van der Waals surface area (Å²) in [6.07, 6.45) is 2.06. The zero-order valence-corrected chi connectivity index (χ0v) is 12.1. The molecule has 0 aromatic heterocycles. The second kappa shape index (κ2) is 5.06. The van der Waals surface area contributed by atoms with Crippen LogP contribution in [0.15, 0.2) is 24.3 Å². The molecule has 5 nitrogen and oxygen atoms in total. The van der Waals surface area contributed by atoms with Crippen LogP contribution in [0.5, 0.6) is 0 Å². The Hall–Kier alpha value is -2.04. The zero-order chi connectivity index (χ0) is 15.0. The van der Waals surface area contributed by atoms with Crippen LogP contribution in [0.2, 0.25) is 0 Å². The maximum Gasteiger partial charge on any atom is 0.329 e. The first kappa shape index (κ1) is 13.9. The van der Waals surface area contributed by atoms with Crippen molar-refractivity contribution in [2.24, 2.45) is 5.92 Å². The fourth-order valence-corrected chi connectivity index (χ4v) is 3.09. The van der Waals surface area contributed by atoms with E-state index in [9.17, 15) is 14.7 Å². The van der Waals surface area contributed by atoms with E-state index in [1.54, 1.807) is 6.92 Å². The van der Waals surface area contributed by atoms with Crippen molar-refractivity contribution in [2.45, 2.75) is 37.6 Å². The third-order valence-corrected chi connectivity index (χ3v) is 4.61. The van der Waals surface area contributed by atoms with E-state index in [2.05, 4.69) is 10.6 Å². The van der Waals surface area contributed by atoms with Crippen LogP contribution < -0.4 is 10.6 Å². The van der Waals surface area contributed by atoms with E-state index in [0.29, 0.717) is 6.42 Å². The highest BCUT2D eigenvalue weighted by Gasteiger charge is 2.48. The number of nitrogens with one attached hydrogen (secondary N) is 2. The van der Waals surface area contributed by atoms with Gasteiger partial charge in [0.05, 0.1) is 0 Å². The lowest BCUT2D eigenvalue weighted by atomic mass is 9.93. The minimum absolute atomic E-state index is 0.0629. The Kier molecular flexibility index (Phi) is 3.35. The van der Waals surface area contributed by atoms with E-state index < -0.39 is 11.5 Å². The van der Waals surface area contributed by atoms with Crippen LogP contribution in [0, 0.1) is 5.92 Å². The number of carbonyl (C=O) groups excluding carboxylic acids is 1. The third kappa shape index (κ3) is 2.60. The summed E-state index contributed by atoms with van der Waals surface area (Å²) in [6, 6.07) is 7.94. The fourth-order valence-electron chi connectivity index (χ4n) is 3.09. The zero-order valence-electron chi connectivity index (χ0n) is 12.1. The molecule has 2 aliphatic rings. The van der Waals surface area contributed by atoms with Crippen LogP contribution in [0.3, 0.4) is 0 Å². The van der Waals surface area contributed by atoms with Crippen molar-refractivity contribution in [3.8, 4) is 0 Å². The molecule has 5 heteroatoms. The summed E-state index contributed by atoms with van der Waals surface area (Å²) in [5.74, 6) is -0.954. The van der Waals surface area contributed by atoms with Crippen LogP contribution in [0.4, 0.5) is 5.69 Å². The van der Waals surface area contributed by atoms with E-state index in [-0.39, 0.29) is 17.7 Å². The van der Waals surface area contributed by atoms with Crippen LogP contribution in [-0.2, 0) is 9.59 Å². The first-order chi connectivity index (χ1) is 10.0. The average molecular weight is 288 g/mol. The first-order valence-electron chi connectivity index (χ1n) is 7.38. The molecule has 1 saturated carbocycles. The second-order valence-corrected chi connectivity index (χ2v) is 6.20. The number of carboxylic acid groups (broad SMARTS) is 1. The number of aliphatic carboxylic acids is 1. The lowest BCUT2D eigenvalue weighted by Gasteiger charge is -2.26. The van der Waals surface area contributed by atoms with Crippen molar-refractivity contribution in [1.29, 1.82) is 0 Å². The molecule has 1 amide bonds. The van der Waals surface area contributed by atoms with E-state index in [1.165, 1.54) is 0 Å². The standard InChI is InChI=1S/C16H20N2O3/c1-16(15(20)21,11-6-7-11)18-14(19)8-10-9-17-13-5-3-2-4-12(10)13/h2-5,10-11,17H,6-9H2,1H3,(H,18,19)(H,20,21). The minimum Gasteiger partial charge on any atom is -0.480 e. The Morgan fingerprint density at radius 3 is 2.76 bits per heavy atom. The van der Waals surface area contributed by atoms with Crippen LogP contribution in [0.1, 0.15) is 37.7 Å². The van der Waals surface area contributed by atoms with Crippen molar-refractivity contribution in [2.75, 3.05) is 11.9 Å². The molecule has 0 spiro atoms. The number of carbonyl (C=O) groups is 2. The Morgan fingerprint density at radius 1 is 1.38 bits per heavy atom. The molecule has 0 bridgehead atoms. The largest absolute Gasteiger partial charge is 0.480 e. The maximum atomic E-state index is 12.3. The number of carboxylic acids is 1. The lowest BCUT2D eigenvalue weighted by molar-refractivity contribution is -0.148. The summed E-state index contributed by atoms with van der Waals surface area (Å²) >= 11 is 0. The molecule has 0 saturated heterocycles. The predicted octanol–water partition coefficient (Wildman–Crippen LogP) is 1.96. The van der Waals surface area contributed by atoms with Crippen molar-refractivity contribution in [3.05, 3.63) is 29.8 Å². The molecule has 2 atom stereocenters. The number of fused-ring (bicyclic) bond motifs is 1. The fraction of sp³-hybridized carbons (Fsp3) is 0.500. The van der Waals surface area contributed by atoms with Crippen molar-refractivity contribution < 1.29 is 14.7 Å². The van der Waals surface area contributed by atoms with Crippen molar-refractivity contribution in [1.82, 2.24) is 5.32 Å². The molecule has 2 unspecified atom stereocenters. The third-order valence-electron chi connectivity index (χ3n) is 4.61. The Labute approximate surface area is 123 Å². The SMILES string of the molecule is CC(NC(=O)CC1CNc2ccccc21)(C(=O)O)C1CC1. The van der Waals surface area contributed by atoms with Crippen LogP contribution >= 0.6 is 0 Å². The topological polar surface area (TPSA) is 78.4 Å². The van der Waals surface area contributed by atoms with E-state index in [1.807, 2.05) is 24.3 Å². The normalized spacial score (nSPS) is 22.8. The van der Waals surface area contributed by atoms with Crippen LogP contribution in [-0.4, -0.2) is 29.1 Å². The van der Waals surface area contributed by atoms with Gasteiger partial charge in [0.2, 0.25) is 5.91 Å². The quantitative estimate of drug-likeness (QED) is 0.774. The molecule has 112 valence electrons. The van der Waals surface area contributed by atoms with Gasteiger partial charge in [0.25, 0.3) is 0 Å². The van der Waals surface area contributed by atoms with E-state index >= 15 is 0 Å². The van der Waals surface area contributed by atoms with Gasteiger partial charge in [-0.15, -0.1) is 0 Å². The molecule has 1 heterocycles. The van der Waals surface area contributed by atoms with Gasteiger partial charge in [-0.25, -0.2) is 4.79 Å². The molecule has 3 N–H and O–H groups in total. The molecule has 1 aliphatic heterocycles. The predicted molar refractivity (Wildman–Crippen MR) is 79.2 cm³/mol. The first-order valence-corrected chi connectivity index (χ1v) is 7.38. The number of amides is 1. The highest BCUT2D eigenvalue weighted by Crippen LogP contribution is 2.40. The van der Waals surface area contributed by atoms with Gasteiger partial charge in [-0.1, -0.05) is 18.2 Å². The van der Waals surface area contributed by atoms with Gasteiger partial charge in [-0.2, -0.15) is 0 Å². The molecule has 1 aromatic rings. The summed E-state index contributed by atoms with van der Waals surface area (Å²) in [7, 11) is 0. The Balaban J connectivity index is 1.66. The van der Waals surface area contributed by atoms with Crippen LogP contribution in [0.25, 0.3) is 0 Å². The summed E-state index contributed by atoms with van der Waals surface area (Å²) < 4.78 is 0. The molecule has 1 aliphatic carbocycles. The van der Waals surface area contributed by atoms with Gasteiger partial charge in [-0.3, -0.25) is 4.79 Å². The molecule has 1 aromatic carbocycles. The van der Waals surface area contributed by atoms with Gasteiger partial charge in [0, 0.05) is 24.6 Å². The maximum absolute atomic E-state index is 12.3. The smallest absolute Gasteiger partial charge is 0.329 e. The van der Waals surface area contributed by atoms with Gasteiger partial charge >= 0.3 is 5.97 Å². The number of hydrogen-bond acceptors (Lipinski definition) is 3. The van der Waals surface area contributed by atoms with Crippen molar-refractivity contribution in [3.63, 3.8) is 0 Å². The number of benzene rings is 1. The van der Waals surface area contributed by atoms with E-state index in [0.717, 1.165) is 30.6 Å². The highest BCUT2D eigenvalue weighted by atomic mass is 16.4. The molecule has 3 rings (SSSR count). The Morgan fingerprint density at radius 2 is 2.10 bits per heavy atom. The molecular formula is C16H20N2O3. The molecule has 0 radical (unpaired) electrons. The van der Waals surface area contributed by atoms with Gasteiger partial charge < -0.3 is 15.7 Å². The molecule has 21 heavy (non-hydrogen) atoms. The number of anilines is 1. The van der Waals surface area contributed by atoms with Gasteiger partial charge in [-0.05, 0) is 37.3 Å². The second-order valence-electron chi connectivity index (χ2n) is 6.20. The Bertz CT molecular complexity index is 583. The molecule has 1 fully saturated rings. The molecular weight excluding hydrogens is 268 g/mol. The monoisotopic (exact) mass is 288 g/mol. The number of hydrogen-bond donors (Lipinski definition) is 3. The van der Waals surface area contributed by atoms with Gasteiger partial charge in [0.15, 0.2) is 0 Å². The minimum atomic E-state index is -1.12. The van der Waals surface area contributed by atoms with Gasteiger partial charge in [0.1, 0.15) is 5.54 Å². The highest BCUT2D eigenvalue weighted by molar-refractivity contribution is 5.88. The average Bonchev–Trinajstić information content (AvgIpc) is 3.23. The van der Waals surface area contributed by atoms with E-state index in [4.69, 9.17) is 0 Å². The summed E-state index contributed by atoms with van der Waals surface area (Å²) in [5.41, 5.74) is 1.08. The summed E-state index contributed by atoms with van der Waals surface area (Å²) in [4.78, 5) is 23.7. The number of para-hydroxylation sites is 1.